The molecule has 2 atom stereocenters. The number of fused-ring (bicyclic) bond motifs is 2. The molecule has 2 aliphatic rings. The summed E-state index contributed by atoms with van der Waals surface area (Å²) in [7, 11) is 1.46. The van der Waals surface area contributed by atoms with Gasteiger partial charge >= 0.3 is 5.97 Å². The van der Waals surface area contributed by atoms with Crippen LogP contribution < -0.4 is 4.74 Å². The van der Waals surface area contributed by atoms with E-state index in [1.807, 2.05) is 26.0 Å². The lowest BCUT2D eigenvalue weighted by Gasteiger charge is -2.27. The Morgan fingerprint density at radius 2 is 2.16 bits per heavy atom. The van der Waals surface area contributed by atoms with Gasteiger partial charge in [-0.25, -0.2) is 0 Å². The highest BCUT2D eigenvalue weighted by atomic mass is 16.5. The molecule has 1 aliphatic carbocycles. The number of carbonyl (C=O) groups is 1. The number of ether oxygens (including phenoxy) is 2. The van der Waals surface area contributed by atoms with Crippen molar-refractivity contribution in [3.05, 3.63) is 29.3 Å². The zero-order valence-electron chi connectivity index (χ0n) is 12.2. The van der Waals surface area contributed by atoms with Crippen LogP contribution in [0.25, 0.3) is 0 Å². The van der Waals surface area contributed by atoms with Crippen molar-refractivity contribution in [2.45, 2.75) is 39.0 Å². The maximum absolute atomic E-state index is 11.7. The van der Waals surface area contributed by atoms with Gasteiger partial charge in [-0.1, -0.05) is 31.5 Å². The zero-order valence-corrected chi connectivity index (χ0v) is 12.2. The van der Waals surface area contributed by atoms with Crippen molar-refractivity contribution in [1.29, 1.82) is 0 Å². The van der Waals surface area contributed by atoms with Gasteiger partial charge in [-0.05, 0) is 25.8 Å². The minimum Gasteiger partial charge on any atom is -0.493 e. The molecule has 3 heteroatoms. The Morgan fingerprint density at radius 3 is 2.84 bits per heavy atom. The molecule has 1 saturated carbocycles. The molecule has 0 aromatic heterocycles. The van der Waals surface area contributed by atoms with E-state index >= 15 is 0 Å². The lowest BCUT2D eigenvalue weighted by molar-refractivity contribution is -0.142. The average molecular weight is 262 g/mol. The number of hydrogen-bond donors (Lipinski definition) is 0. The second-order valence-corrected chi connectivity index (χ2v) is 5.03. The maximum Gasteiger partial charge on any atom is 0.309 e. The SMILES string of the molecule is CC.COC(=O)C1CC12CCOc1ccc(C)cc12. The molecule has 1 fully saturated rings. The summed E-state index contributed by atoms with van der Waals surface area (Å²) >= 11 is 0. The molecular weight excluding hydrogens is 240 g/mol. The Kier molecular flexibility index (Phi) is 3.83. The Hall–Kier alpha value is -1.51. The van der Waals surface area contributed by atoms with Gasteiger partial charge in [0.1, 0.15) is 5.75 Å². The fourth-order valence-electron chi connectivity index (χ4n) is 2.97. The van der Waals surface area contributed by atoms with Gasteiger partial charge < -0.3 is 9.47 Å². The third kappa shape index (κ3) is 2.22. The summed E-state index contributed by atoms with van der Waals surface area (Å²) in [6, 6.07) is 6.21. The van der Waals surface area contributed by atoms with Gasteiger partial charge in [0, 0.05) is 11.0 Å². The van der Waals surface area contributed by atoms with Crippen molar-refractivity contribution in [3.8, 4) is 5.75 Å². The predicted octanol–water partition coefficient (Wildman–Crippen LogP) is 3.23. The molecule has 1 spiro atoms. The van der Waals surface area contributed by atoms with Crippen LogP contribution in [-0.2, 0) is 14.9 Å². The lowest BCUT2D eigenvalue weighted by atomic mass is 9.86. The van der Waals surface area contributed by atoms with Gasteiger partial charge in [0.25, 0.3) is 0 Å². The number of hydrogen-bond acceptors (Lipinski definition) is 3. The molecule has 19 heavy (non-hydrogen) atoms. The predicted molar refractivity (Wildman–Crippen MR) is 74.4 cm³/mol. The first-order valence-corrected chi connectivity index (χ1v) is 6.99. The van der Waals surface area contributed by atoms with Crippen LogP contribution in [0.2, 0.25) is 0 Å². The van der Waals surface area contributed by atoms with E-state index in [1.165, 1.54) is 18.2 Å². The van der Waals surface area contributed by atoms with Crippen LogP contribution in [-0.4, -0.2) is 19.7 Å². The van der Waals surface area contributed by atoms with Crippen molar-refractivity contribution in [2.75, 3.05) is 13.7 Å². The molecule has 1 aromatic carbocycles. The number of esters is 1. The van der Waals surface area contributed by atoms with Gasteiger partial charge in [0.2, 0.25) is 0 Å². The van der Waals surface area contributed by atoms with Gasteiger partial charge in [-0.3, -0.25) is 4.79 Å². The summed E-state index contributed by atoms with van der Waals surface area (Å²) in [5.74, 6) is 0.879. The molecule has 3 nitrogen and oxygen atoms in total. The fourth-order valence-corrected chi connectivity index (χ4v) is 2.97. The quantitative estimate of drug-likeness (QED) is 0.729. The van der Waals surface area contributed by atoms with Crippen molar-refractivity contribution in [2.24, 2.45) is 5.92 Å². The van der Waals surface area contributed by atoms with E-state index in [1.54, 1.807) is 0 Å². The monoisotopic (exact) mass is 262 g/mol. The first kappa shape index (κ1) is 13.9. The summed E-state index contributed by atoms with van der Waals surface area (Å²) in [6.45, 7) is 6.77. The summed E-state index contributed by atoms with van der Waals surface area (Å²) in [5.41, 5.74) is 2.40. The van der Waals surface area contributed by atoms with Crippen LogP contribution in [0.1, 0.15) is 37.8 Å². The first-order chi connectivity index (χ1) is 9.17. The number of methoxy groups -OCH3 is 1. The van der Waals surface area contributed by atoms with E-state index in [0.717, 1.165) is 18.6 Å². The summed E-state index contributed by atoms with van der Waals surface area (Å²) in [4.78, 5) is 11.7. The Bertz CT molecular complexity index is 481. The van der Waals surface area contributed by atoms with E-state index in [9.17, 15) is 4.79 Å². The van der Waals surface area contributed by atoms with Gasteiger partial charge in [0.15, 0.2) is 0 Å². The number of rotatable bonds is 1. The molecule has 3 rings (SSSR count). The van der Waals surface area contributed by atoms with Crippen LogP contribution in [0, 0.1) is 12.8 Å². The van der Waals surface area contributed by atoms with Crippen molar-refractivity contribution < 1.29 is 14.3 Å². The molecule has 0 N–H and O–H groups in total. The normalized spacial score (nSPS) is 26.6. The van der Waals surface area contributed by atoms with Crippen molar-refractivity contribution in [3.63, 3.8) is 0 Å². The second-order valence-electron chi connectivity index (χ2n) is 5.03. The van der Waals surface area contributed by atoms with E-state index < -0.39 is 0 Å². The molecule has 0 amide bonds. The van der Waals surface area contributed by atoms with E-state index in [2.05, 4.69) is 13.0 Å². The van der Waals surface area contributed by atoms with Crippen molar-refractivity contribution >= 4 is 5.97 Å². The van der Waals surface area contributed by atoms with Crippen LogP contribution in [0.3, 0.4) is 0 Å². The molecule has 2 unspecified atom stereocenters. The van der Waals surface area contributed by atoms with E-state index in [4.69, 9.17) is 9.47 Å². The molecular formula is C16H22O3. The van der Waals surface area contributed by atoms with Crippen LogP contribution in [0.5, 0.6) is 5.75 Å². The van der Waals surface area contributed by atoms with E-state index in [-0.39, 0.29) is 17.3 Å². The molecule has 1 aromatic rings. The molecule has 1 heterocycles. The van der Waals surface area contributed by atoms with E-state index in [0.29, 0.717) is 6.61 Å². The Labute approximate surface area is 114 Å². The Balaban J connectivity index is 0.000000637. The summed E-state index contributed by atoms with van der Waals surface area (Å²) < 4.78 is 10.5. The van der Waals surface area contributed by atoms with Crippen LogP contribution in [0.15, 0.2) is 18.2 Å². The smallest absolute Gasteiger partial charge is 0.309 e. The van der Waals surface area contributed by atoms with Crippen molar-refractivity contribution in [1.82, 2.24) is 0 Å². The minimum atomic E-state index is -0.0839. The minimum absolute atomic E-state index is 0.00725. The highest BCUT2D eigenvalue weighted by Crippen LogP contribution is 2.61. The first-order valence-electron chi connectivity index (χ1n) is 6.99. The van der Waals surface area contributed by atoms with Crippen LogP contribution in [0.4, 0.5) is 0 Å². The second kappa shape index (κ2) is 5.24. The highest BCUT2D eigenvalue weighted by Gasteiger charge is 2.61. The third-order valence-electron chi connectivity index (χ3n) is 4.04. The topological polar surface area (TPSA) is 35.5 Å². The zero-order chi connectivity index (χ0) is 14.0. The molecule has 104 valence electrons. The number of carbonyl (C=O) groups excluding carboxylic acids is 1. The van der Waals surface area contributed by atoms with Gasteiger partial charge in [0.05, 0.1) is 19.6 Å². The van der Waals surface area contributed by atoms with Crippen LogP contribution >= 0.6 is 0 Å². The molecule has 0 bridgehead atoms. The highest BCUT2D eigenvalue weighted by molar-refractivity contribution is 5.79. The largest absolute Gasteiger partial charge is 0.493 e. The standard InChI is InChI=1S/C14H16O3.C2H6/c1-9-3-4-12-10(7-9)14(5-6-17-12)8-11(14)13(15)16-2;1-2/h3-4,7,11H,5-6,8H2,1-2H3;1-2H3. The molecule has 0 saturated heterocycles. The number of aryl methyl sites for hydroxylation is 1. The summed E-state index contributed by atoms with van der Waals surface area (Å²) in [5, 5.41) is 0. The van der Waals surface area contributed by atoms with Gasteiger partial charge in [-0.2, -0.15) is 0 Å². The fraction of sp³-hybridized carbons (Fsp3) is 0.562. The third-order valence-corrected chi connectivity index (χ3v) is 4.04. The summed E-state index contributed by atoms with van der Waals surface area (Å²) in [6.07, 6.45) is 1.82. The number of benzene rings is 1. The maximum atomic E-state index is 11.7. The van der Waals surface area contributed by atoms with Gasteiger partial charge in [-0.15, -0.1) is 0 Å². The molecule has 1 aliphatic heterocycles. The lowest BCUT2D eigenvalue weighted by Crippen LogP contribution is -2.24. The Morgan fingerprint density at radius 1 is 1.42 bits per heavy atom. The molecule has 0 radical (unpaired) electrons. The average Bonchev–Trinajstić information content (AvgIpc) is 3.16.